The zero-order valence-corrected chi connectivity index (χ0v) is 41.1. The van der Waals surface area contributed by atoms with E-state index in [1.54, 1.807) is 0 Å². The van der Waals surface area contributed by atoms with Gasteiger partial charge in [0.05, 0.1) is 25.0 Å². The predicted molar refractivity (Wildman–Crippen MR) is 266 cm³/mol. The van der Waals surface area contributed by atoms with Crippen LogP contribution in [-0.4, -0.2) is 27.6 Å². The van der Waals surface area contributed by atoms with Crippen molar-refractivity contribution in [3.8, 4) is 50.6 Å². The molecule has 1 radical (unpaired) electrons. The Morgan fingerprint density at radius 2 is 1.25 bits per heavy atom. The quantitative estimate of drug-likeness (QED) is 0.112. The Balaban J connectivity index is 0.000000262. The zero-order chi connectivity index (χ0) is 43.8. The number of aryl methyl sites for hydroxylation is 1. The van der Waals surface area contributed by atoms with Crippen LogP contribution in [0.3, 0.4) is 0 Å². The van der Waals surface area contributed by atoms with E-state index in [4.69, 9.17) is 14.4 Å². The summed E-state index contributed by atoms with van der Waals surface area (Å²) in [5.41, 5.74) is 15.8. The van der Waals surface area contributed by atoms with Gasteiger partial charge in [-0.05, 0) is 81.7 Å². The van der Waals surface area contributed by atoms with Crippen molar-refractivity contribution < 1.29 is 24.5 Å². The predicted octanol–water partition coefficient (Wildman–Crippen LogP) is 14.8. The van der Waals surface area contributed by atoms with Gasteiger partial charge in [0.25, 0.3) is 0 Å². The second-order valence-corrected chi connectivity index (χ2v) is 23.0. The Kier molecular flexibility index (Phi) is 12.8. The molecule has 64 heavy (non-hydrogen) atoms. The van der Waals surface area contributed by atoms with E-state index in [0.29, 0.717) is 5.65 Å². The van der Waals surface area contributed by atoms with Crippen LogP contribution in [0.1, 0.15) is 56.2 Å². The summed E-state index contributed by atoms with van der Waals surface area (Å²) >= 11 is 0. The molecule has 10 rings (SSSR count). The van der Waals surface area contributed by atoms with Crippen LogP contribution < -0.4 is 5.19 Å². The van der Waals surface area contributed by atoms with Gasteiger partial charge in [0.1, 0.15) is 5.58 Å². The number of imidazole rings is 1. The maximum atomic E-state index is 6.55. The Hall–Kier alpha value is -6.24. The summed E-state index contributed by atoms with van der Waals surface area (Å²) in [6, 6.07) is 57.2. The fraction of sp³-hybridized carbons (Fsp3) is 0.175. The Morgan fingerprint density at radius 1 is 0.609 bits per heavy atom. The van der Waals surface area contributed by atoms with Crippen molar-refractivity contribution in [2.75, 3.05) is 0 Å². The molecule has 0 amide bonds. The van der Waals surface area contributed by atoms with Gasteiger partial charge in [0.15, 0.2) is 5.65 Å². The molecular formula is C57H52IrN4OSi-2. The molecule has 0 unspecified atom stereocenters. The number of para-hydroxylation sites is 1. The summed E-state index contributed by atoms with van der Waals surface area (Å²) in [5.74, 6) is 1.27. The first kappa shape index (κ1) is 44.4. The Bertz CT molecular complexity index is 3190. The molecule has 0 spiro atoms. The summed E-state index contributed by atoms with van der Waals surface area (Å²) in [7, 11) is -1.27. The van der Waals surface area contributed by atoms with Gasteiger partial charge in [-0.1, -0.05) is 149 Å². The summed E-state index contributed by atoms with van der Waals surface area (Å²) < 4.78 is 8.87. The van der Waals surface area contributed by atoms with Gasteiger partial charge in [-0.3, -0.25) is 4.98 Å². The van der Waals surface area contributed by atoms with Crippen LogP contribution in [0.4, 0.5) is 0 Å². The van der Waals surface area contributed by atoms with Crippen LogP contribution in [0.15, 0.2) is 162 Å². The van der Waals surface area contributed by atoms with Gasteiger partial charge in [0.2, 0.25) is 0 Å². The number of pyridine rings is 2. The van der Waals surface area contributed by atoms with Gasteiger partial charge in [0, 0.05) is 49.1 Å². The van der Waals surface area contributed by atoms with E-state index < -0.39 is 8.07 Å². The third kappa shape index (κ3) is 8.68. The number of nitrogens with zero attached hydrogens (tertiary/aromatic N) is 4. The van der Waals surface area contributed by atoms with Gasteiger partial charge in [-0.25, -0.2) is 4.98 Å². The molecule has 0 N–H and O–H groups in total. The number of hydrogen-bond donors (Lipinski definition) is 0. The second-order valence-electron chi connectivity index (χ2n) is 18.0. The monoisotopic (exact) mass is 1030 g/mol. The van der Waals surface area contributed by atoms with Gasteiger partial charge in [-0.15, -0.1) is 54.1 Å². The molecule has 0 aliphatic heterocycles. The van der Waals surface area contributed by atoms with E-state index in [1.165, 1.54) is 33.0 Å². The Morgan fingerprint density at radius 3 is 1.88 bits per heavy atom. The molecule has 0 saturated carbocycles. The molecular weight excluding hydrogens is 977 g/mol. The summed E-state index contributed by atoms with van der Waals surface area (Å²) in [5, 5.41) is 3.57. The third-order valence-electron chi connectivity index (χ3n) is 11.8. The topological polar surface area (TPSA) is 56.7 Å². The van der Waals surface area contributed by atoms with Crippen molar-refractivity contribution in [2.45, 2.75) is 66.1 Å². The summed E-state index contributed by atoms with van der Waals surface area (Å²) in [6.45, 7) is 18.3. The van der Waals surface area contributed by atoms with Crippen LogP contribution >= 0.6 is 0 Å². The Labute approximate surface area is 391 Å². The molecule has 7 heteroatoms. The summed E-state index contributed by atoms with van der Waals surface area (Å²) in [4.78, 5) is 14.8. The number of furan rings is 1. The first-order chi connectivity index (χ1) is 30.5. The minimum atomic E-state index is -1.27. The molecule has 4 aromatic heterocycles. The number of aromatic nitrogens is 4. The molecule has 321 valence electrons. The normalized spacial score (nSPS) is 11.6. The van der Waals surface area contributed by atoms with Gasteiger partial charge >= 0.3 is 0 Å². The van der Waals surface area contributed by atoms with Crippen LogP contribution in [0.5, 0.6) is 0 Å². The van der Waals surface area contributed by atoms with E-state index >= 15 is 0 Å². The smallest absolute Gasteiger partial charge is 0.168 e. The first-order valence-electron chi connectivity index (χ1n) is 21.9. The first-order valence-corrected chi connectivity index (χ1v) is 25.4. The molecule has 5 nitrogen and oxygen atoms in total. The van der Waals surface area contributed by atoms with E-state index in [2.05, 4.69) is 185 Å². The molecule has 0 fully saturated rings. The zero-order valence-electron chi connectivity index (χ0n) is 37.7. The largest absolute Gasteiger partial charge is 0.501 e. The molecule has 0 aliphatic carbocycles. The molecule has 0 bridgehead atoms. The maximum Gasteiger partial charge on any atom is 0.168 e. The van der Waals surface area contributed by atoms with Gasteiger partial charge in [-0.2, -0.15) is 0 Å². The van der Waals surface area contributed by atoms with Gasteiger partial charge < -0.3 is 14.0 Å². The molecule has 0 atom stereocenters. The van der Waals surface area contributed by atoms with E-state index in [-0.39, 0.29) is 31.9 Å². The van der Waals surface area contributed by atoms with Crippen LogP contribution in [0, 0.1) is 19.1 Å². The standard InChI is InChI=1S/C42H34N3O.C15H18NSi.Ir/c1-26(2)35-22-30(28-14-7-5-8-15-28)23-36(27(3)4)39(35)45-37-24-31(29-16-9-6-10-17-29)25-43-41(37)44-42(45)34-20-13-19-33-32-18-11-12-21-38(32)46-40(33)34;1-12-10-14(13-8-6-5-7-9-13)16-11-15(12)17(2,3)4;/h5-19,21-27H,1-4H3;5-8,10-11H,1-4H3;/q2*-1;. The number of hydrogen-bond acceptors (Lipinski definition) is 4. The van der Waals surface area contributed by atoms with Crippen molar-refractivity contribution in [1.82, 2.24) is 19.5 Å². The van der Waals surface area contributed by atoms with Crippen LogP contribution in [0.2, 0.25) is 19.6 Å². The minimum Gasteiger partial charge on any atom is -0.501 e. The van der Waals surface area contributed by atoms with E-state index in [0.717, 1.165) is 66.9 Å². The fourth-order valence-electron chi connectivity index (χ4n) is 8.66. The van der Waals surface area contributed by atoms with Crippen molar-refractivity contribution in [2.24, 2.45) is 0 Å². The van der Waals surface area contributed by atoms with E-state index in [9.17, 15) is 0 Å². The minimum absolute atomic E-state index is 0. The molecule has 4 heterocycles. The van der Waals surface area contributed by atoms with Crippen molar-refractivity contribution in [3.05, 3.63) is 187 Å². The summed E-state index contributed by atoms with van der Waals surface area (Å²) in [6.07, 6.45) is 3.98. The van der Waals surface area contributed by atoms with Crippen molar-refractivity contribution >= 4 is 46.4 Å². The number of benzene rings is 6. The number of fused-ring (bicyclic) bond motifs is 4. The average molecular weight is 1030 g/mol. The second kappa shape index (κ2) is 18.5. The molecule has 0 aliphatic rings. The molecule has 0 saturated heterocycles. The van der Waals surface area contributed by atoms with Crippen molar-refractivity contribution in [1.29, 1.82) is 0 Å². The fourth-order valence-corrected chi connectivity index (χ4v) is 10.4. The van der Waals surface area contributed by atoms with Crippen molar-refractivity contribution in [3.63, 3.8) is 0 Å². The average Bonchev–Trinajstić information content (AvgIpc) is 3.87. The maximum absolute atomic E-state index is 6.55. The van der Waals surface area contributed by atoms with Crippen LogP contribution in [-0.2, 0) is 20.1 Å². The third-order valence-corrected chi connectivity index (χ3v) is 14.0. The molecule has 6 aromatic carbocycles. The van der Waals surface area contributed by atoms with E-state index in [1.807, 2.05) is 48.7 Å². The molecule has 10 aromatic rings. The SMILES string of the molecule is CC(C)c1cc(-c2ccccc2)cc(C(C)C)c1-n1c(-c2[c-]ccc3c2oc2ccccc23)nc2ncc(-c3ccccc3)cc21.Cc1cc(-c2[c-]cccc2)ncc1[Si](C)(C)C.[Ir]. The van der Waals surface area contributed by atoms with Crippen LogP contribution in [0.25, 0.3) is 83.7 Å². The number of rotatable bonds is 8.